The molecule has 2 aromatic rings. The van der Waals surface area contributed by atoms with Crippen LogP contribution >= 0.6 is 35.3 Å². The van der Waals surface area contributed by atoms with E-state index < -0.39 is 0 Å². The minimum atomic E-state index is 0. The van der Waals surface area contributed by atoms with Gasteiger partial charge in [-0.2, -0.15) is 0 Å². The van der Waals surface area contributed by atoms with Crippen LogP contribution in [0.5, 0.6) is 0 Å². The van der Waals surface area contributed by atoms with Crippen LogP contribution in [0.1, 0.15) is 43.0 Å². The lowest BCUT2D eigenvalue weighted by Gasteiger charge is -2.21. The largest absolute Gasteiger partial charge is 0.357 e. The van der Waals surface area contributed by atoms with Gasteiger partial charge in [-0.15, -0.1) is 35.3 Å². The number of hydrogen-bond donors (Lipinski definition) is 2. The quantitative estimate of drug-likeness (QED) is 0.311. The molecular formula is C20H30IN5OS. The number of aryl methyl sites for hydroxylation is 1. The van der Waals surface area contributed by atoms with Crippen LogP contribution < -0.4 is 10.6 Å². The second-order valence-corrected chi connectivity index (χ2v) is 7.44. The second-order valence-electron chi connectivity index (χ2n) is 6.38. The van der Waals surface area contributed by atoms with Gasteiger partial charge < -0.3 is 15.5 Å². The molecule has 6 nitrogen and oxygen atoms in total. The molecule has 1 aromatic heterocycles. The first-order chi connectivity index (χ1) is 13.0. The predicted molar refractivity (Wildman–Crippen MR) is 129 cm³/mol. The van der Waals surface area contributed by atoms with Crippen molar-refractivity contribution in [3.8, 4) is 0 Å². The Morgan fingerprint density at radius 1 is 1.25 bits per heavy atom. The van der Waals surface area contributed by atoms with Crippen LogP contribution in [0.3, 0.4) is 0 Å². The fourth-order valence-corrected chi connectivity index (χ4v) is 3.18. The summed E-state index contributed by atoms with van der Waals surface area (Å²) in [6.07, 6.45) is 1.39. The molecule has 2 N–H and O–H groups in total. The number of carbonyl (C=O) groups is 1. The van der Waals surface area contributed by atoms with Crippen LogP contribution in [0.25, 0.3) is 0 Å². The van der Waals surface area contributed by atoms with Crippen molar-refractivity contribution in [3.05, 3.63) is 45.9 Å². The number of thiazole rings is 1. The third-order valence-electron chi connectivity index (χ3n) is 3.89. The molecule has 0 fully saturated rings. The molecule has 0 atom stereocenters. The van der Waals surface area contributed by atoms with Crippen LogP contribution in [0, 0.1) is 6.92 Å². The molecule has 8 heteroatoms. The number of rotatable bonds is 8. The average Bonchev–Trinajstić information content (AvgIpc) is 3.04. The molecule has 2 rings (SSSR count). The summed E-state index contributed by atoms with van der Waals surface area (Å²) in [4.78, 5) is 23.0. The summed E-state index contributed by atoms with van der Waals surface area (Å²) >= 11 is 1.66. The number of amides is 1. The highest BCUT2D eigenvalue weighted by Crippen LogP contribution is 2.12. The summed E-state index contributed by atoms with van der Waals surface area (Å²) < 4.78 is 0. The molecule has 154 valence electrons. The van der Waals surface area contributed by atoms with Crippen molar-refractivity contribution in [3.63, 3.8) is 0 Å². The van der Waals surface area contributed by atoms with E-state index in [9.17, 15) is 4.79 Å². The van der Waals surface area contributed by atoms with E-state index in [1.165, 1.54) is 0 Å². The highest BCUT2D eigenvalue weighted by Gasteiger charge is 2.08. The number of hydrogen-bond acceptors (Lipinski definition) is 4. The predicted octanol–water partition coefficient (Wildman–Crippen LogP) is 4.41. The van der Waals surface area contributed by atoms with Crippen LogP contribution in [0.2, 0.25) is 0 Å². The van der Waals surface area contributed by atoms with Crippen molar-refractivity contribution >= 4 is 52.9 Å². The zero-order valence-corrected chi connectivity index (χ0v) is 20.1. The average molecular weight is 515 g/mol. The molecule has 0 spiro atoms. The van der Waals surface area contributed by atoms with Gasteiger partial charge in [0, 0.05) is 31.1 Å². The Bertz CT molecular complexity index is 760. The van der Waals surface area contributed by atoms with Gasteiger partial charge in [0.25, 0.3) is 0 Å². The summed E-state index contributed by atoms with van der Waals surface area (Å²) in [6.45, 7) is 8.17. The van der Waals surface area contributed by atoms with Crippen molar-refractivity contribution in [1.29, 1.82) is 0 Å². The van der Waals surface area contributed by atoms with E-state index in [0.29, 0.717) is 13.0 Å². The van der Waals surface area contributed by atoms with E-state index in [0.717, 1.165) is 47.4 Å². The van der Waals surface area contributed by atoms with Crippen molar-refractivity contribution < 1.29 is 4.79 Å². The number of aromatic nitrogens is 1. The first-order valence-electron chi connectivity index (χ1n) is 9.31. The number of nitrogens with one attached hydrogen (secondary N) is 2. The minimum absolute atomic E-state index is 0. The lowest BCUT2D eigenvalue weighted by atomic mass is 10.2. The molecule has 1 aromatic carbocycles. The number of aliphatic imine (C=N–C) groups is 1. The third kappa shape index (κ3) is 8.14. The maximum atomic E-state index is 11.7. The molecule has 1 heterocycles. The summed E-state index contributed by atoms with van der Waals surface area (Å²) in [5, 5.41) is 9.39. The number of guanidine groups is 1. The highest BCUT2D eigenvalue weighted by molar-refractivity contribution is 14.0. The standard InChI is InChI=1S/C20H29N5OS.HI/c1-5-7-19(26)24-17-10-8-16(9-11-17)12-22-20(21-6-2)25(4)13-18-14-27-15(3)23-18;/h8-11,14H,5-7,12-13H2,1-4H3,(H,21,22)(H,24,26);1H. The number of carbonyl (C=O) groups excluding carboxylic acids is 1. The maximum Gasteiger partial charge on any atom is 0.224 e. The van der Waals surface area contributed by atoms with Gasteiger partial charge in [0.2, 0.25) is 5.91 Å². The first-order valence-corrected chi connectivity index (χ1v) is 10.2. The fourth-order valence-electron chi connectivity index (χ4n) is 2.58. The SMILES string of the molecule is CCCC(=O)Nc1ccc(CN=C(NCC)N(C)Cc2csc(C)n2)cc1.I. The van der Waals surface area contributed by atoms with Gasteiger partial charge in [0.15, 0.2) is 5.96 Å². The Labute approximate surface area is 188 Å². The van der Waals surface area contributed by atoms with E-state index in [4.69, 9.17) is 4.99 Å². The van der Waals surface area contributed by atoms with E-state index in [1.807, 2.05) is 45.2 Å². The van der Waals surface area contributed by atoms with Crippen LogP contribution in [-0.4, -0.2) is 35.3 Å². The second kappa shape index (κ2) is 12.7. The molecule has 0 saturated carbocycles. The lowest BCUT2D eigenvalue weighted by Crippen LogP contribution is -2.38. The van der Waals surface area contributed by atoms with Crippen LogP contribution in [0.15, 0.2) is 34.6 Å². The molecule has 0 aliphatic heterocycles. The van der Waals surface area contributed by atoms with Crippen molar-refractivity contribution in [1.82, 2.24) is 15.2 Å². The lowest BCUT2D eigenvalue weighted by molar-refractivity contribution is -0.116. The number of halogens is 1. The van der Waals surface area contributed by atoms with E-state index in [2.05, 4.69) is 32.8 Å². The molecule has 0 bridgehead atoms. The Morgan fingerprint density at radius 3 is 2.54 bits per heavy atom. The Morgan fingerprint density at radius 2 is 1.96 bits per heavy atom. The number of anilines is 1. The minimum Gasteiger partial charge on any atom is -0.357 e. The van der Waals surface area contributed by atoms with Crippen molar-refractivity contribution in [2.45, 2.75) is 46.7 Å². The Hall–Kier alpha value is -1.68. The topological polar surface area (TPSA) is 69.6 Å². The summed E-state index contributed by atoms with van der Waals surface area (Å²) in [5.74, 6) is 0.903. The Kier molecular flexibility index (Phi) is 11.1. The molecule has 0 saturated heterocycles. The molecule has 1 amide bonds. The number of nitrogens with zero attached hydrogens (tertiary/aromatic N) is 3. The molecule has 0 unspecified atom stereocenters. The summed E-state index contributed by atoms with van der Waals surface area (Å²) in [6, 6.07) is 7.84. The monoisotopic (exact) mass is 515 g/mol. The van der Waals surface area contributed by atoms with Crippen LogP contribution in [-0.2, 0) is 17.9 Å². The number of benzene rings is 1. The van der Waals surface area contributed by atoms with Crippen molar-refractivity contribution in [2.75, 3.05) is 18.9 Å². The molecule has 0 radical (unpaired) electrons. The van der Waals surface area contributed by atoms with Gasteiger partial charge in [0.1, 0.15) is 0 Å². The van der Waals surface area contributed by atoms with Gasteiger partial charge in [-0.05, 0) is 38.0 Å². The van der Waals surface area contributed by atoms with Gasteiger partial charge >= 0.3 is 0 Å². The molecule has 0 aliphatic carbocycles. The van der Waals surface area contributed by atoms with Gasteiger partial charge in [-0.1, -0.05) is 19.1 Å². The Balaban J connectivity index is 0.00000392. The maximum absolute atomic E-state index is 11.7. The highest BCUT2D eigenvalue weighted by atomic mass is 127. The van der Waals surface area contributed by atoms with Gasteiger partial charge in [0.05, 0.1) is 23.8 Å². The van der Waals surface area contributed by atoms with E-state index in [-0.39, 0.29) is 29.9 Å². The van der Waals surface area contributed by atoms with Gasteiger partial charge in [-0.25, -0.2) is 9.98 Å². The zero-order valence-electron chi connectivity index (χ0n) is 17.0. The summed E-state index contributed by atoms with van der Waals surface area (Å²) in [5.41, 5.74) is 2.97. The normalized spacial score (nSPS) is 10.9. The van der Waals surface area contributed by atoms with Gasteiger partial charge in [-0.3, -0.25) is 4.79 Å². The first kappa shape index (κ1) is 24.4. The molecule has 0 aliphatic rings. The zero-order chi connectivity index (χ0) is 19.6. The third-order valence-corrected chi connectivity index (χ3v) is 4.71. The van der Waals surface area contributed by atoms with Crippen LogP contribution in [0.4, 0.5) is 5.69 Å². The smallest absolute Gasteiger partial charge is 0.224 e. The summed E-state index contributed by atoms with van der Waals surface area (Å²) in [7, 11) is 2.02. The fraction of sp³-hybridized carbons (Fsp3) is 0.450. The molecule has 28 heavy (non-hydrogen) atoms. The van der Waals surface area contributed by atoms with E-state index >= 15 is 0 Å². The van der Waals surface area contributed by atoms with Crippen molar-refractivity contribution in [2.24, 2.45) is 4.99 Å². The molecular weight excluding hydrogens is 485 g/mol. The van der Waals surface area contributed by atoms with E-state index in [1.54, 1.807) is 11.3 Å².